The first-order chi connectivity index (χ1) is 17.2. The van der Waals surface area contributed by atoms with Crippen molar-refractivity contribution in [1.82, 2.24) is 4.90 Å². The number of imide groups is 1. The number of nitrogens with zero attached hydrogens (tertiary/aromatic N) is 1. The number of ether oxygens (including phenoxy) is 3. The van der Waals surface area contributed by atoms with Gasteiger partial charge >= 0.3 is 5.97 Å². The fraction of sp³-hybridized carbons (Fsp3) is 0.308. The van der Waals surface area contributed by atoms with Crippen molar-refractivity contribution in [3.8, 4) is 11.5 Å². The van der Waals surface area contributed by atoms with Gasteiger partial charge in [-0.15, -0.1) is 0 Å². The number of anilines is 1. The van der Waals surface area contributed by atoms with Crippen LogP contribution in [0.3, 0.4) is 0 Å². The quantitative estimate of drug-likeness (QED) is 0.370. The number of benzene rings is 2. The summed E-state index contributed by atoms with van der Waals surface area (Å²) in [5.74, 6) is -0.794. The fourth-order valence-electron chi connectivity index (χ4n) is 3.28. The van der Waals surface area contributed by atoms with Crippen LogP contribution in [0.4, 0.5) is 10.5 Å². The summed E-state index contributed by atoms with van der Waals surface area (Å²) in [6, 6.07) is 10.6. The van der Waals surface area contributed by atoms with Crippen LogP contribution < -0.4 is 14.8 Å². The summed E-state index contributed by atoms with van der Waals surface area (Å²) in [5.41, 5.74) is 3.48. The van der Waals surface area contributed by atoms with Gasteiger partial charge in [0.1, 0.15) is 6.54 Å². The highest BCUT2D eigenvalue weighted by atomic mass is 32.2. The average molecular weight is 513 g/mol. The third kappa shape index (κ3) is 6.88. The molecular weight excluding hydrogens is 484 g/mol. The lowest BCUT2D eigenvalue weighted by Gasteiger charge is -2.13. The molecule has 2 aromatic rings. The lowest BCUT2D eigenvalue weighted by atomic mass is 10.1. The van der Waals surface area contributed by atoms with Gasteiger partial charge in [-0.3, -0.25) is 24.1 Å². The van der Waals surface area contributed by atoms with Gasteiger partial charge in [-0.25, -0.2) is 0 Å². The number of carbonyl (C=O) groups excluding carboxylic acids is 4. The van der Waals surface area contributed by atoms with E-state index in [4.69, 9.17) is 14.2 Å². The molecule has 0 aromatic heterocycles. The Morgan fingerprint density at radius 2 is 1.75 bits per heavy atom. The molecule has 36 heavy (non-hydrogen) atoms. The van der Waals surface area contributed by atoms with Crippen LogP contribution in [0.25, 0.3) is 6.08 Å². The van der Waals surface area contributed by atoms with Gasteiger partial charge in [0.2, 0.25) is 0 Å². The summed E-state index contributed by atoms with van der Waals surface area (Å²) in [5, 5.41) is 2.26. The van der Waals surface area contributed by atoms with Gasteiger partial charge in [0, 0.05) is 5.69 Å². The molecule has 1 aliphatic rings. The Labute approximate surface area is 213 Å². The van der Waals surface area contributed by atoms with Crippen molar-refractivity contribution in [1.29, 1.82) is 0 Å². The number of carbonyl (C=O) groups is 4. The predicted octanol–water partition coefficient (Wildman–Crippen LogP) is 4.32. The third-order valence-electron chi connectivity index (χ3n) is 5.18. The molecule has 0 saturated carbocycles. The lowest BCUT2D eigenvalue weighted by molar-refractivity contribution is -0.146. The maximum Gasteiger partial charge on any atom is 0.326 e. The highest BCUT2D eigenvalue weighted by Crippen LogP contribution is 2.34. The second kappa shape index (κ2) is 12.3. The first-order valence-corrected chi connectivity index (χ1v) is 12.2. The first kappa shape index (κ1) is 26.8. The zero-order valence-electron chi connectivity index (χ0n) is 20.6. The summed E-state index contributed by atoms with van der Waals surface area (Å²) in [6.07, 6.45) is 1.54. The fourth-order valence-corrected chi connectivity index (χ4v) is 4.12. The van der Waals surface area contributed by atoms with Crippen molar-refractivity contribution in [3.05, 3.63) is 58.0 Å². The Kier molecular flexibility index (Phi) is 9.13. The molecule has 3 rings (SSSR count). The Balaban J connectivity index is 1.69. The smallest absolute Gasteiger partial charge is 0.326 e. The molecule has 0 unspecified atom stereocenters. The van der Waals surface area contributed by atoms with E-state index in [1.54, 1.807) is 25.1 Å². The van der Waals surface area contributed by atoms with E-state index >= 15 is 0 Å². The largest absolute Gasteiger partial charge is 0.490 e. The van der Waals surface area contributed by atoms with E-state index in [2.05, 4.69) is 5.32 Å². The third-order valence-corrected chi connectivity index (χ3v) is 6.09. The number of aryl methyl sites for hydroxylation is 2. The van der Waals surface area contributed by atoms with Gasteiger partial charge in [0.05, 0.1) is 18.1 Å². The molecule has 0 atom stereocenters. The van der Waals surface area contributed by atoms with Crippen LogP contribution in [0.5, 0.6) is 11.5 Å². The van der Waals surface area contributed by atoms with Gasteiger partial charge in [0.25, 0.3) is 17.1 Å². The monoisotopic (exact) mass is 512 g/mol. The SMILES string of the molecule is CCOC(=O)CN1C(=O)S/C(=C\c2ccc(OCC(=O)Nc3ccc(C)c(C)c3)c(OCC)c2)C1=O. The van der Waals surface area contributed by atoms with E-state index in [0.717, 1.165) is 27.8 Å². The highest BCUT2D eigenvalue weighted by Gasteiger charge is 2.36. The summed E-state index contributed by atoms with van der Waals surface area (Å²) in [7, 11) is 0. The lowest BCUT2D eigenvalue weighted by Crippen LogP contribution is -2.34. The topological polar surface area (TPSA) is 111 Å². The number of esters is 1. The number of hydrogen-bond acceptors (Lipinski definition) is 8. The molecule has 2 aromatic carbocycles. The summed E-state index contributed by atoms with van der Waals surface area (Å²) >= 11 is 0.743. The minimum absolute atomic E-state index is 0.160. The zero-order valence-corrected chi connectivity index (χ0v) is 21.4. The molecule has 190 valence electrons. The zero-order chi connectivity index (χ0) is 26.2. The maximum absolute atomic E-state index is 12.6. The Bertz CT molecular complexity index is 1210. The Morgan fingerprint density at radius 1 is 0.972 bits per heavy atom. The molecule has 0 bridgehead atoms. The van der Waals surface area contributed by atoms with Crippen molar-refractivity contribution < 1.29 is 33.4 Å². The molecule has 1 fully saturated rings. The second-order valence-electron chi connectivity index (χ2n) is 7.85. The number of nitrogens with one attached hydrogen (secondary N) is 1. The molecule has 1 saturated heterocycles. The second-order valence-corrected chi connectivity index (χ2v) is 8.84. The molecule has 0 aliphatic carbocycles. The summed E-state index contributed by atoms with van der Waals surface area (Å²) < 4.78 is 16.2. The molecule has 3 amide bonds. The number of thioether (sulfide) groups is 1. The predicted molar refractivity (Wildman–Crippen MR) is 137 cm³/mol. The van der Waals surface area contributed by atoms with Crippen LogP contribution in [-0.4, -0.2) is 54.3 Å². The normalized spacial score (nSPS) is 14.2. The molecule has 1 aliphatic heterocycles. The van der Waals surface area contributed by atoms with Crippen molar-refractivity contribution in [2.24, 2.45) is 0 Å². The molecule has 1 heterocycles. The molecule has 1 N–H and O–H groups in total. The average Bonchev–Trinajstić information content (AvgIpc) is 3.08. The van der Waals surface area contributed by atoms with Crippen molar-refractivity contribution in [2.45, 2.75) is 27.7 Å². The molecule has 0 radical (unpaired) electrons. The van der Waals surface area contributed by atoms with Crippen LogP contribution in [0.2, 0.25) is 0 Å². The van der Waals surface area contributed by atoms with Crippen molar-refractivity contribution in [2.75, 3.05) is 31.7 Å². The van der Waals surface area contributed by atoms with Gasteiger partial charge in [-0.2, -0.15) is 0 Å². The van der Waals surface area contributed by atoms with Gasteiger partial charge < -0.3 is 19.5 Å². The van der Waals surface area contributed by atoms with Crippen LogP contribution >= 0.6 is 11.8 Å². The van der Waals surface area contributed by atoms with Gasteiger partial charge in [0.15, 0.2) is 18.1 Å². The van der Waals surface area contributed by atoms with Crippen molar-refractivity contribution in [3.63, 3.8) is 0 Å². The van der Waals surface area contributed by atoms with E-state index in [9.17, 15) is 19.2 Å². The van der Waals surface area contributed by atoms with E-state index in [1.165, 1.54) is 6.08 Å². The molecular formula is C26H28N2O7S. The minimum Gasteiger partial charge on any atom is -0.490 e. The van der Waals surface area contributed by atoms with E-state index in [-0.39, 0.29) is 24.0 Å². The molecule has 9 nitrogen and oxygen atoms in total. The van der Waals surface area contributed by atoms with Crippen LogP contribution in [0, 0.1) is 13.8 Å². The Morgan fingerprint density at radius 3 is 2.44 bits per heavy atom. The van der Waals surface area contributed by atoms with Crippen LogP contribution in [0.15, 0.2) is 41.3 Å². The van der Waals surface area contributed by atoms with E-state index < -0.39 is 23.7 Å². The summed E-state index contributed by atoms with van der Waals surface area (Å²) in [4.78, 5) is 49.9. The number of hydrogen-bond donors (Lipinski definition) is 1. The van der Waals surface area contributed by atoms with E-state index in [1.807, 2.05) is 39.0 Å². The molecule has 10 heteroatoms. The van der Waals surface area contributed by atoms with Gasteiger partial charge in [-0.1, -0.05) is 12.1 Å². The standard InChI is InChI=1S/C26H28N2O7S/c1-5-33-21-12-18(13-22-25(31)28(26(32)36-22)14-24(30)34-6-2)8-10-20(21)35-15-23(29)27-19-9-7-16(3)17(4)11-19/h7-13H,5-6,14-15H2,1-4H3,(H,27,29)/b22-13-. The number of amides is 3. The van der Waals surface area contributed by atoms with Crippen LogP contribution in [0.1, 0.15) is 30.5 Å². The minimum atomic E-state index is -0.650. The maximum atomic E-state index is 12.6. The Hall–Kier alpha value is -3.79. The first-order valence-electron chi connectivity index (χ1n) is 11.4. The van der Waals surface area contributed by atoms with E-state index in [0.29, 0.717) is 29.4 Å². The number of rotatable bonds is 10. The molecule has 0 spiro atoms. The highest BCUT2D eigenvalue weighted by molar-refractivity contribution is 8.18. The summed E-state index contributed by atoms with van der Waals surface area (Å²) in [6.45, 7) is 7.28. The van der Waals surface area contributed by atoms with Crippen LogP contribution in [-0.2, 0) is 19.1 Å². The van der Waals surface area contributed by atoms with Gasteiger partial charge in [-0.05, 0) is 86.5 Å². The van der Waals surface area contributed by atoms with Crippen molar-refractivity contribution >= 4 is 46.5 Å².